The lowest BCUT2D eigenvalue weighted by molar-refractivity contribution is -0.141. The minimum atomic E-state index is -2.16. The van der Waals surface area contributed by atoms with Gasteiger partial charge < -0.3 is 14.4 Å². The SMILES string of the molecule is COC(=O)CCN(CCC(=O)OC)CCS(Cl)(Cl)Cl. The molecule has 0 N–H and O–H groups in total. The maximum absolute atomic E-state index is 11.1. The van der Waals surface area contributed by atoms with Crippen LogP contribution in [0, 0.1) is 0 Å². The molecule has 0 saturated heterocycles. The van der Waals surface area contributed by atoms with Gasteiger partial charge in [-0.25, -0.2) is 0 Å². The van der Waals surface area contributed by atoms with Gasteiger partial charge >= 0.3 is 11.9 Å². The largest absolute Gasteiger partial charge is 0.469 e. The van der Waals surface area contributed by atoms with Crippen molar-refractivity contribution in [2.45, 2.75) is 12.8 Å². The number of ether oxygens (including phenoxy) is 2. The van der Waals surface area contributed by atoms with Gasteiger partial charge in [-0.05, 0) is 39.7 Å². The molecule has 114 valence electrons. The number of methoxy groups -OCH3 is 2. The fourth-order valence-corrected chi connectivity index (χ4v) is 2.36. The maximum atomic E-state index is 11.1. The number of nitrogens with zero attached hydrogens (tertiary/aromatic N) is 1. The average Bonchev–Trinajstić information content (AvgIpc) is 2.35. The van der Waals surface area contributed by atoms with Crippen LogP contribution in [0.25, 0.3) is 0 Å². The second-order valence-corrected chi connectivity index (χ2v) is 11.3. The fraction of sp³-hybridized carbons (Fsp3) is 0.800. The number of carbonyl (C=O) groups is 2. The van der Waals surface area contributed by atoms with Gasteiger partial charge in [-0.2, -0.15) is 0 Å². The van der Waals surface area contributed by atoms with Crippen LogP contribution < -0.4 is 0 Å². The molecule has 5 nitrogen and oxygen atoms in total. The summed E-state index contributed by atoms with van der Waals surface area (Å²) in [5.74, 6) is -0.242. The van der Waals surface area contributed by atoms with Gasteiger partial charge in [0, 0.05) is 25.4 Å². The standard InChI is InChI=1S/C10H18Cl3NO4S/c1-17-9(15)3-5-14(6-4-10(16)18-2)7-8-19(11,12)13/h3-8H2,1-2H3. The van der Waals surface area contributed by atoms with Crippen molar-refractivity contribution in [3.05, 3.63) is 0 Å². The topological polar surface area (TPSA) is 55.8 Å². The molecular formula is C10H18Cl3NO4S. The highest BCUT2D eigenvalue weighted by atomic mass is 36.2. The van der Waals surface area contributed by atoms with Crippen molar-refractivity contribution in [3.8, 4) is 0 Å². The number of rotatable bonds is 9. The van der Waals surface area contributed by atoms with E-state index in [0.29, 0.717) is 25.4 Å². The number of hydrogen-bond acceptors (Lipinski definition) is 5. The van der Waals surface area contributed by atoms with Crippen molar-refractivity contribution in [1.29, 1.82) is 0 Å². The van der Waals surface area contributed by atoms with E-state index in [-0.39, 0.29) is 24.8 Å². The Balaban J connectivity index is 4.21. The summed E-state index contributed by atoms with van der Waals surface area (Å²) >= 11 is 0. The van der Waals surface area contributed by atoms with Crippen molar-refractivity contribution < 1.29 is 19.1 Å². The summed E-state index contributed by atoms with van der Waals surface area (Å²) in [7, 11) is 17.8. The third-order valence-electron chi connectivity index (χ3n) is 2.36. The van der Waals surface area contributed by atoms with Crippen LogP contribution in [0.3, 0.4) is 0 Å². The molecule has 0 atom stereocenters. The molecule has 0 saturated carbocycles. The summed E-state index contributed by atoms with van der Waals surface area (Å²) in [6.45, 7) is 1.40. The van der Waals surface area contributed by atoms with Gasteiger partial charge in [-0.3, -0.25) is 9.59 Å². The second kappa shape index (κ2) is 9.94. The molecule has 0 aliphatic carbocycles. The molecule has 0 rings (SSSR count). The lowest BCUT2D eigenvalue weighted by Crippen LogP contribution is -2.31. The Hall–Kier alpha value is 0.120. The highest BCUT2D eigenvalue weighted by molar-refractivity contribution is 8.79. The first-order valence-electron chi connectivity index (χ1n) is 5.54. The van der Waals surface area contributed by atoms with E-state index < -0.39 is 7.67 Å². The van der Waals surface area contributed by atoms with E-state index in [9.17, 15) is 9.59 Å². The second-order valence-electron chi connectivity index (χ2n) is 3.70. The van der Waals surface area contributed by atoms with E-state index in [4.69, 9.17) is 32.0 Å². The summed E-state index contributed by atoms with van der Waals surface area (Å²) in [6.07, 6.45) is 0.458. The third kappa shape index (κ3) is 11.6. The highest BCUT2D eigenvalue weighted by Gasteiger charge is 2.17. The van der Waals surface area contributed by atoms with E-state index in [1.54, 1.807) is 0 Å². The predicted octanol–water partition coefficient (Wildman–Crippen LogP) is 2.68. The first-order valence-corrected chi connectivity index (χ1v) is 9.82. The predicted molar refractivity (Wildman–Crippen MR) is 79.7 cm³/mol. The molecule has 9 heteroatoms. The van der Waals surface area contributed by atoms with Gasteiger partial charge in [-0.1, -0.05) is 0 Å². The molecule has 0 aliphatic heterocycles. The molecule has 0 aromatic heterocycles. The quantitative estimate of drug-likeness (QED) is 0.596. The van der Waals surface area contributed by atoms with Gasteiger partial charge in [0.05, 0.1) is 27.1 Å². The average molecular weight is 355 g/mol. The Morgan fingerprint density at radius 2 is 1.37 bits per heavy atom. The summed E-state index contributed by atoms with van der Waals surface area (Å²) in [6, 6.07) is 0. The normalized spacial score (nSPS) is 12.3. The van der Waals surface area contributed by atoms with E-state index in [1.807, 2.05) is 4.90 Å². The van der Waals surface area contributed by atoms with Crippen molar-refractivity contribution in [3.63, 3.8) is 0 Å². The van der Waals surface area contributed by atoms with Crippen LogP contribution in [0.15, 0.2) is 0 Å². The number of esters is 2. The van der Waals surface area contributed by atoms with Crippen LogP contribution in [-0.2, 0) is 19.1 Å². The summed E-state index contributed by atoms with van der Waals surface area (Å²) < 4.78 is 9.13. The van der Waals surface area contributed by atoms with Crippen LogP contribution in [0.5, 0.6) is 0 Å². The molecule has 0 fully saturated rings. The lowest BCUT2D eigenvalue weighted by Gasteiger charge is -2.24. The van der Waals surface area contributed by atoms with Gasteiger partial charge in [0.15, 0.2) is 0 Å². The maximum Gasteiger partial charge on any atom is 0.306 e. The van der Waals surface area contributed by atoms with E-state index in [2.05, 4.69) is 9.47 Å². The van der Waals surface area contributed by atoms with E-state index in [0.717, 1.165) is 0 Å². The van der Waals surface area contributed by atoms with Crippen LogP contribution in [0.2, 0.25) is 0 Å². The zero-order chi connectivity index (χ0) is 14.9. The molecule has 19 heavy (non-hydrogen) atoms. The monoisotopic (exact) mass is 353 g/mol. The number of halogens is 3. The van der Waals surface area contributed by atoms with Gasteiger partial charge in [0.1, 0.15) is 0 Å². The molecule has 0 unspecified atom stereocenters. The summed E-state index contributed by atoms with van der Waals surface area (Å²) in [5, 5.41) is 0. The van der Waals surface area contributed by atoms with Crippen LogP contribution >= 0.6 is 39.7 Å². The van der Waals surface area contributed by atoms with Crippen molar-refractivity contribution in [2.24, 2.45) is 0 Å². The third-order valence-corrected chi connectivity index (χ3v) is 4.39. The molecule has 0 spiro atoms. The minimum absolute atomic E-state index is 0.229. The Labute approximate surface area is 128 Å². The Morgan fingerprint density at radius 1 is 0.947 bits per heavy atom. The molecule has 0 aromatic rings. The first kappa shape index (κ1) is 19.1. The molecule has 0 bridgehead atoms. The molecule has 0 radical (unpaired) electrons. The molecular weight excluding hydrogens is 337 g/mol. The zero-order valence-electron chi connectivity index (χ0n) is 10.9. The smallest absolute Gasteiger partial charge is 0.306 e. The summed E-state index contributed by atoms with van der Waals surface area (Å²) in [4.78, 5) is 24.1. The van der Waals surface area contributed by atoms with Crippen molar-refractivity contribution in [1.82, 2.24) is 4.90 Å². The minimum Gasteiger partial charge on any atom is -0.469 e. The Morgan fingerprint density at radius 3 is 1.68 bits per heavy atom. The Kier molecular flexibility index (Phi) is 10.00. The number of hydrogen-bond donors (Lipinski definition) is 0. The molecule has 0 amide bonds. The Bertz CT molecular complexity index is 279. The van der Waals surface area contributed by atoms with Gasteiger partial charge in [0.2, 0.25) is 0 Å². The summed E-state index contributed by atoms with van der Waals surface area (Å²) in [5.41, 5.74) is 0. The molecule has 0 aliphatic rings. The van der Waals surface area contributed by atoms with Gasteiger partial charge in [-0.15, -0.1) is 0 Å². The van der Waals surface area contributed by atoms with E-state index >= 15 is 0 Å². The number of carbonyl (C=O) groups excluding carboxylic acids is 2. The van der Waals surface area contributed by atoms with E-state index in [1.165, 1.54) is 14.2 Å². The first-order chi connectivity index (χ1) is 8.78. The van der Waals surface area contributed by atoms with Crippen LogP contribution in [-0.4, -0.2) is 56.4 Å². The fourth-order valence-electron chi connectivity index (χ4n) is 1.27. The van der Waals surface area contributed by atoms with Gasteiger partial charge in [0.25, 0.3) is 0 Å². The lowest BCUT2D eigenvalue weighted by atomic mass is 10.3. The van der Waals surface area contributed by atoms with Crippen LogP contribution in [0.4, 0.5) is 0 Å². The van der Waals surface area contributed by atoms with Crippen LogP contribution in [0.1, 0.15) is 12.8 Å². The highest BCUT2D eigenvalue weighted by Crippen LogP contribution is 2.62. The zero-order valence-corrected chi connectivity index (χ0v) is 13.9. The molecule has 0 aromatic carbocycles. The van der Waals surface area contributed by atoms with Crippen molar-refractivity contribution >= 4 is 51.7 Å². The van der Waals surface area contributed by atoms with Crippen molar-refractivity contribution in [2.75, 3.05) is 39.6 Å². The molecule has 0 heterocycles.